The third-order valence-corrected chi connectivity index (χ3v) is 4.52. The summed E-state index contributed by atoms with van der Waals surface area (Å²) in [6.45, 7) is 4.18. The number of amides is 1. The van der Waals surface area contributed by atoms with Gasteiger partial charge in [-0.1, -0.05) is 25.1 Å². The third-order valence-electron chi connectivity index (χ3n) is 4.52. The summed E-state index contributed by atoms with van der Waals surface area (Å²) in [5.74, 6) is 1.70. The van der Waals surface area contributed by atoms with Crippen molar-refractivity contribution in [3.8, 4) is 5.75 Å². The zero-order valence-electron chi connectivity index (χ0n) is 10.4. The van der Waals surface area contributed by atoms with Gasteiger partial charge in [0.1, 0.15) is 5.75 Å². The first-order valence-electron chi connectivity index (χ1n) is 6.08. The van der Waals surface area contributed by atoms with E-state index in [0.29, 0.717) is 12.3 Å². The average molecular weight is 231 g/mol. The van der Waals surface area contributed by atoms with Crippen molar-refractivity contribution in [3.05, 3.63) is 29.8 Å². The van der Waals surface area contributed by atoms with Crippen LogP contribution in [-0.4, -0.2) is 23.6 Å². The Morgan fingerprint density at radius 1 is 1.41 bits per heavy atom. The zero-order valence-corrected chi connectivity index (χ0v) is 10.4. The van der Waals surface area contributed by atoms with Gasteiger partial charge in [-0.15, -0.1) is 0 Å². The van der Waals surface area contributed by atoms with Gasteiger partial charge in [0, 0.05) is 25.3 Å². The van der Waals surface area contributed by atoms with Crippen molar-refractivity contribution in [1.82, 2.24) is 4.90 Å². The summed E-state index contributed by atoms with van der Waals surface area (Å²) < 4.78 is 6.09. The Bertz CT molecular complexity index is 485. The van der Waals surface area contributed by atoms with Gasteiger partial charge >= 0.3 is 0 Å². The molecule has 0 saturated carbocycles. The predicted molar refractivity (Wildman–Crippen MR) is 64.8 cm³/mol. The van der Waals surface area contributed by atoms with Crippen molar-refractivity contribution in [1.29, 1.82) is 0 Å². The molecule has 90 valence electrons. The zero-order chi connectivity index (χ0) is 12.2. The second-order valence-electron chi connectivity index (χ2n) is 5.25. The molecule has 3 rings (SSSR count). The molecule has 1 saturated heterocycles. The van der Waals surface area contributed by atoms with E-state index in [9.17, 15) is 4.79 Å². The largest absolute Gasteiger partial charge is 0.468 e. The monoisotopic (exact) mass is 231 g/mol. The number of rotatable bonds is 0. The fraction of sp³-hybridized carbons (Fsp3) is 0.500. The standard InChI is InChI=1S/C14H17NO2/c1-9-11-8-13(16)15(3)14(9,2)17-12-7-5-4-6-10(11)12/h4-7,9,11H,8H2,1-3H3/t9-,11-,14+/m1/s1. The van der Waals surface area contributed by atoms with Gasteiger partial charge < -0.3 is 9.64 Å². The highest BCUT2D eigenvalue weighted by atomic mass is 16.5. The van der Waals surface area contributed by atoms with Crippen LogP contribution in [0.4, 0.5) is 0 Å². The average Bonchev–Trinajstić information content (AvgIpc) is 2.32. The first-order valence-corrected chi connectivity index (χ1v) is 6.08. The highest BCUT2D eigenvalue weighted by molar-refractivity contribution is 5.79. The van der Waals surface area contributed by atoms with E-state index in [1.807, 2.05) is 32.2 Å². The van der Waals surface area contributed by atoms with Crippen LogP contribution in [0, 0.1) is 5.92 Å². The van der Waals surface area contributed by atoms with E-state index in [1.165, 1.54) is 5.56 Å². The summed E-state index contributed by atoms with van der Waals surface area (Å²) in [7, 11) is 1.84. The highest BCUT2D eigenvalue weighted by Gasteiger charge is 2.52. The van der Waals surface area contributed by atoms with Gasteiger partial charge in [0.15, 0.2) is 5.72 Å². The summed E-state index contributed by atoms with van der Waals surface area (Å²) in [5.41, 5.74) is 0.674. The number of hydrogen-bond donors (Lipinski definition) is 0. The Hall–Kier alpha value is -1.51. The molecule has 1 fully saturated rings. The van der Waals surface area contributed by atoms with Crippen LogP contribution in [0.1, 0.15) is 31.7 Å². The molecule has 0 spiro atoms. The van der Waals surface area contributed by atoms with Gasteiger partial charge in [0.25, 0.3) is 0 Å². The lowest BCUT2D eigenvalue weighted by Gasteiger charge is -2.53. The van der Waals surface area contributed by atoms with Crippen LogP contribution in [-0.2, 0) is 4.79 Å². The molecule has 3 nitrogen and oxygen atoms in total. The number of piperidine rings is 1. The van der Waals surface area contributed by atoms with Crippen LogP contribution in [0.15, 0.2) is 24.3 Å². The van der Waals surface area contributed by atoms with E-state index in [1.54, 1.807) is 4.90 Å². The van der Waals surface area contributed by atoms with Gasteiger partial charge in [-0.3, -0.25) is 4.79 Å². The molecule has 0 unspecified atom stereocenters. The number of carbonyl (C=O) groups excluding carboxylic acids is 1. The molecule has 0 aromatic heterocycles. The molecule has 3 heteroatoms. The Balaban J connectivity index is 2.17. The Kier molecular flexibility index (Phi) is 2.03. The maximum absolute atomic E-state index is 12.0. The van der Waals surface area contributed by atoms with Gasteiger partial charge in [0.2, 0.25) is 5.91 Å². The molecule has 3 atom stereocenters. The topological polar surface area (TPSA) is 29.5 Å². The molecule has 1 amide bonds. The van der Waals surface area contributed by atoms with E-state index in [2.05, 4.69) is 13.0 Å². The number of nitrogens with zero attached hydrogens (tertiary/aromatic N) is 1. The Morgan fingerprint density at radius 2 is 2.12 bits per heavy atom. The molecule has 1 aromatic carbocycles. The van der Waals surface area contributed by atoms with Gasteiger partial charge in [-0.25, -0.2) is 0 Å². The van der Waals surface area contributed by atoms with Crippen LogP contribution in [0.2, 0.25) is 0 Å². The molecular formula is C14H17NO2. The summed E-state index contributed by atoms with van der Waals surface area (Å²) in [4.78, 5) is 13.8. The summed E-state index contributed by atoms with van der Waals surface area (Å²) in [6, 6.07) is 8.07. The highest BCUT2D eigenvalue weighted by Crippen LogP contribution is 2.50. The van der Waals surface area contributed by atoms with Crippen molar-refractivity contribution in [2.45, 2.75) is 31.9 Å². The van der Waals surface area contributed by atoms with Crippen LogP contribution in [0.25, 0.3) is 0 Å². The Labute approximate surface area is 101 Å². The summed E-state index contributed by atoms with van der Waals surface area (Å²) >= 11 is 0. The molecule has 2 heterocycles. The number of hydrogen-bond acceptors (Lipinski definition) is 2. The predicted octanol–water partition coefficient (Wildman–Crippen LogP) is 2.38. The smallest absolute Gasteiger partial charge is 0.225 e. The van der Waals surface area contributed by atoms with Crippen molar-refractivity contribution >= 4 is 5.91 Å². The molecule has 17 heavy (non-hydrogen) atoms. The molecule has 0 aliphatic carbocycles. The minimum Gasteiger partial charge on any atom is -0.468 e. The lowest BCUT2D eigenvalue weighted by Crippen LogP contribution is -2.62. The summed E-state index contributed by atoms with van der Waals surface area (Å²) in [5, 5.41) is 0. The maximum atomic E-state index is 12.0. The SMILES string of the molecule is C[C@@H]1[C@H]2CC(=O)N(C)[C@@]1(C)Oc1ccccc12. The second kappa shape index (κ2) is 3.25. The quantitative estimate of drug-likeness (QED) is 0.686. The number of carbonyl (C=O) groups is 1. The fourth-order valence-corrected chi connectivity index (χ4v) is 3.07. The maximum Gasteiger partial charge on any atom is 0.225 e. The first kappa shape index (κ1) is 10.6. The molecule has 2 aliphatic rings. The molecule has 0 radical (unpaired) electrons. The third kappa shape index (κ3) is 1.25. The van der Waals surface area contributed by atoms with Crippen molar-refractivity contribution in [2.75, 3.05) is 7.05 Å². The van der Waals surface area contributed by atoms with Gasteiger partial charge in [-0.2, -0.15) is 0 Å². The molecule has 0 N–H and O–H groups in total. The van der Waals surface area contributed by atoms with Crippen LogP contribution in [0.3, 0.4) is 0 Å². The van der Waals surface area contributed by atoms with Crippen molar-refractivity contribution in [2.24, 2.45) is 5.92 Å². The van der Waals surface area contributed by atoms with Gasteiger partial charge in [-0.05, 0) is 18.6 Å². The van der Waals surface area contributed by atoms with Crippen LogP contribution >= 0.6 is 0 Å². The van der Waals surface area contributed by atoms with Crippen molar-refractivity contribution in [3.63, 3.8) is 0 Å². The van der Waals surface area contributed by atoms with Crippen LogP contribution < -0.4 is 4.74 Å². The number of fused-ring (bicyclic) bond motifs is 4. The normalized spacial score (nSPS) is 35.2. The minimum absolute atomic E-state index is 0.171. The summed E-state index contributed by atoms with van der Waals surface area (Å²) in [6.07, 6.45) is 0.591. The fourth-order valence-electron chi connectivity index (χ4n) is 3.07. The van der Waals surface area contributed by atoms with E-state index < -0.39 is 5.72 Å². The first-order chi connectivity index (χ1) is 8.04. The number of para-hydroxylation sites is 1. The van der Waals surface area contributed by atoms with E-state index in [0.717, 1.165) is 5.75 Å². The van der Waals surface area contributed by atoms with E-state index in [-0.39, 0.29) is 11.8 Å². The number of benzene rings is 1. The second-order valence-corrected chi connectivity index (χ2v) is 5.25. The van der Waals surface area contributed by atoms with Crippen molar-refractivity contribution < 1.29 is 9.53 Å². The van der Waals surface area contributed by atoms with E-state index >= 15 is 0 Å². The Morgan fingerprint density at radius 3 is 2.88 bits per heavy atom. The molecular weight excluding hydrogens is 214 g/mol. The van der Waals surface area contributed by atoms with E-state index in [4.69, 9.17) is 4.74 Å². The molecule has 1 aromatic rings. The number of likely N-dealkylation sites (tertiary alicyclic amines) is 1. The molecule has 2 bridgehead atoms. The number of ether oxygens (including phenoxy) is 1. The lowest BCUT2D eigenvalue weighted by atomic mass is 9.73. The van der Waals surface area contributed by atoms with Crippen LogP contribution in [0.5, 0.6) is 5.75 Å². The van der Waals surface area contributed by atoms with Gasteiger partial charge in [0.05, 0.1) is 0 Å². The minimum atomic E-state index is -0.506. The lowest BCUT2D eigenvalue weighted by molar-refractivity contribution is -0.173. The molecule has 2 aliphatic heterocycles.